The molecular formula is C28H23NO. The molecular weight excluding hydrogens is 366 g/mol. The van der Waals surface area contributed by atoms with E-state index in [0.29, 0.717) is 0 Å². The summed E-state index contributed by atoms with van der Waals surface area (Å²) in [7, 11) is 0. The molecule has 2 heterocycles. The van der Waals surface area contributed by atoms with Crippen LogP contribution in [0.3, 0.4) is 0 Å². The van der Waals surface area contributed by atoms with Gasteiger partial charge in [0, 0.05) is 27.3 Å². The number of para-hydroxylation sites is 1. The lowest BCUT2D eigenvalue weighted by atomic mass is 9.82. The third-order valence-corrected chi connectivity index (χ3v) is 6.19. The second kappa shape index (κ2) is 5.82. The summed E-state index contributed by atoms with van der Waals surface area (Å²) in [4.78, 5) is 5.11. The van der Waals surface area contributed by atoms with Crippen LogP contribution in [0.2, 0.25) is 0 Å². The fourth-order valence-corrected chi connectivity index (χ4v) is 4.87. The Morgan fingerprint density at radius 1 is 0.767 bits per heavy atom. The van der Waals surface area contributed by atoms with Crippen LogP contribution in [0, 0.1) is 6.92 Å². The van der Waals surface area contributed by atoms with Gasteiger partial charge in [0.05, 0.1) is 11.4 Å². The first-order valence-electron chi connectivity index (χ1n) is 10.5. The summed E-state index contributed by atoms with van der Waals surface area (Å²) in [6.07, 6.45) is 0. The van der Waals surface area contributed by atoms with Crippen LogP contribution in [0.25, 0.3) is 32.7 Å². The van der Waals surface area contributed by atoms with Crippen molar-refractivity contribution < 1.29 is 4.42 Å². The molecule has 146 valence electrons. The standard InChI is InChI=1S/C28H23NO/c1-16-14-20-17-8-5-6-11-24(17)30-27(20)21(15-16)26-19-12-13-22(28(2,3)4)18-9-7-10-23(29-26)25(18)19/h5-15H,1-4H3. The summed E-state index contributed by atoms with van der Waals surface area (Å²) in [6, 6.07) is 23.7. The zero-order valence-corrected chi connectivity index (χ0v) is 17.7. The van der Waals surface area contributed by atoms with Crippen molar-refractivity contribution in [3.8, 4) is 0 Å². The van der Waals surface area contributed by atoms with Crippen molar-refractivity contribution in [2.24, 2.45) is 4.99 Å². The summed E-state index contributed by atoms with van der Waals surface area (Å²) in [5, 5.41) is 4.86. The molecule has 1 aromatic heterocycles. The van der Waals surface area contributed by atoms with E-state index >= 15 is 0 Å². The highest BCUT2D eigenvalue weighted by atomic mass is 16.3. The molecule has 0 fully saturated rings. The molecule has 30 heavy (non-hydrogen) atoms. The fourth-order valence-electron chi connectivity index (χ4n) is 4.87. The Kier molecular flexibility index (Phi) is 3.39. The zero-order valence-electron chi connectivity index (χ0n) is 17.7. The number of aryl methyl sites for hydroxylation is 1. The maximum absolute atomic E-state index is 6.34. The molecule has 0 bridgehead atoms. The Balaban J connectivity index is 1.67. The molecule has 0 N–H and O–H groups in total. The summed E-state index contributed by atoms with van der Waals surface area (Å²) in [5.41, 5.74) is 8.81. The first kappa shape index (κ1) is 17.5. The van der Waals surface area contributed by atoms with Crippen molar-refractivity contribution in [1.29, 1.82) is 0 Å². The van der Waals surface area contributed by atoms with Gasteiger partial charge >= 0.3 is 0 Å². The first-order valence-corrected chi connectivity index (χ1v) is 10.5. The van der Waals surface area contributed by atoms with Crippen molar-refractivity contribution in [3.05, 3.63) is 89.0 Å². The molecule has 2 nitrogen and oxygen atoms in total. The lowest BCUT2D eigenvalue weighted by Crippen LogP contribution is -2.12. The zero-order chi connectivity index (χ0) is 20.6. The minimum atomic E-state index is 0.0786. The Hall–Kier alpha value is -3.39. The normalized spacial score (nSPS) is 13.5. The molecule has 1 aliphatic heterocycles. The van der Waals surface area contributed by atoms with Gasteiger partial charge in [0.15, 0.2) is 0 Å². The quantitative estimate of drug-likeness (QED) is 0.281. The van der Waals surface area contributed by atoms with Crippen LogP contribution in [-0.4, -0.2) is 5.71 Å². The molecule has 0 atom stereocenters. The lowest BCUT2D eigenvalue weighted by Gasteiger charge is -2.22. The molecule has 5 aromatic rings. The van der Waals surface area contributed by atoms with E-state index in [1.165, 1.54) is 27.5 Å². The van der Waals surface area contributed by atoms with Crippen molar-refractivity contribution in [1.82, 2.24) is 0 Å². The topological polar surface area (TPSA) is 25.5 Å². The Bertz CT molecular complexity index is 1530. The molecule has 0 amide bonds. The molecule has 0 saturated heterocycles. The molecule has 0 aliphatic carbocycles. The van der Waals surface area contributed by atoms with Crippen LogP contribution in [0.5, 0.6) is 0 Å². The first-order chi connectivity index (χ1) is 14.4. The molecule has 0 saturated carbocycles. The van der Waals surface area contributed by atoms with E-state index in [-0.39, 0.29) is 5.41 Å². The minimum Gasteiger partial charge on any atom is -0.455 e. The van der Waals surface area contributed by atoms with Crippen LogP contribution in [-0.2, 0) is 5.41 Å². The molecule has 0 spiro atoms. The molecule has 0 radical (unpaired) electrons. The van der Waals surface area contributed by atoms with Crippen LogP contribution in [0.4, 0.5) is 5.69 Å². The maximum Gasteiger partial charge on any atom is 0.144 e. The van der Waals surface area contributed by atoms with Crippen LogP contribution < -0.4 is 0 Å². The number of furan rings is 1. The second-order valence-electron chi connectivity index (χ2n) is 9.36. The van der Waals surface area contributed by atoms with E-state index in [1.807, 2.05) is 12.1 Å². The van der Waals surface area contributed by atoms with E-state index in [2.05, 4.69) is 82.3 Å². The molecule has 2 heteroatoms. The van der Waals surface area contributed by atoms with E-state index in [0.717, 1.165) is 38.9 Å². The van der Waals surface area contributed by atoms with Gasteiger partial charge in [-0.3, -0.25) is 0 Å². The van der Waals surface area contributed by atoms with Gasteiger partial charge in [0.1, 0.15) is 11.2 Å². The lowest BCUT2D eigenvalue weighted by molar-refractivity contribution is 0.596. The fraction of sp³-hybridized carbons (Fsp3) is 0.179. The third-order valence-electron chi connectivity index (χ3n) is 6.19. The molecule has 4 aromatic carbocycles. The van der Waals surface area contributed by atoms with Gasteiger partial charge in [-0.25, -0.2) is 4.99 Å². The summed E-state index contributed by atoms with van der Waals surface area (Å²) in [6.45, 7) is 8.95. The SMILES string of the molecule is Cc1cc(C2=Nc3cccc4c(C(C)(C)C)ccc2c34)c2oc3ccccc3c2c1. The second-order valence-corrected chi connectivity index (χ2v) is 9.36. The monoisotopic (exact) mass is 389 g/mol. The van der Waals surface area contributed by atoms with Gasteiger partial charge in [-0.05, 0) is 53.1 Å². The summed E-state index contributed by atoms with van der Waals surface area (Å²) >= 11 is 0. The largest absolute Gasteiger partial charge is 0.455 e. The van der Waals surface area contributed by atoms with E-state index in [4.69, 9.17) is 9.41 Å². The average Bonchev–Trinajstić information content (AvgIpc) is 3.27. The van der Waals surface area contributed by atoms with Crippen LogP contribution in [0.1, 0.15) is 43.0 Å². The highest BCUT2D eigenvalue weighted by Crippen LogP contribution is 2.43. The van der Waals surface area contributed by atoms with Crippen molar-refractivity contribution in [3.63, 3.8) is 0 Å². The highest BCUT2D eigenvalue weighted by Gasteiger charge is 2.26. The molecule has 0 unspecified atom stereocenters. The van der Waals surface area contributed by atoms with E-state index in [9.17, 15) is 0 Å². The predicted octanol–water partition coefficient (Wildman–Crippen LogP) is 7.83. The van der Waals surface area contributed by atoms with Crippen LogP contribution in [0.15, 0.2) is 76.1 Å². The number of benzene rings is 4. The predicted molar refractivity (Wildman–Crippen MR) is 126 cm³/mol. The maximum atomic E-state index is 6.34. The van der Waals surface area contributed by atoms with Crippen molar-refractivity contribution in [2.45, 2.75) is 33.1 Å². The van der Waals surface area contributed by atoms with Gasteiger partial charge in [0.25, 0.3) is 0 Å². The number of hydrogen-bond donors (Lipinski definition) is 0. The number of aliphatic imine (C=N–C) groups is 1. The minimum absolute atomic E-state index is 0.0786. The Morgan fingerprint density at radius 3 is 2.40 bits per heavy atom. The van der Waals surface area contributed by atoms with Gasteiger partial charge in [-0.1, -0.05) is 63.2 Å². The number of nitrogens with zero attached hydrogens (tertiary/aromatic N) is 1. The average molecular weight is 389 g/mol. The number of rotatable bonds is 1. The van der Waals surface area contributed by atoms with Gasteiger partial charge in [0.2, 0.25) is 0 Å². The summed E-state index contributed by atoms with van der Waals surface area (Å²) in [5.74, 6) is 0. The number of fused-ring (bicyclic) bond motifs is 3. The van der Waals surface area contributed by atoms with Crippen molar-refractivity contribution in [2.75, 3.05) is 0 Å². The smallest absolute Gasteiger partial charge is 0.144 e. The van der Waals surface area contributed by atoms with Crippen LogP contribution >= 0.6 is 0 Å². The Morgan fingerprint density at radius 2 is 1.57 bits per heavy atom. The third kappa shape index (κ3) is 2.34. The molecule has 1 aliphatic rings. The summed E-state index contributed by atoms with van der Waals surface area (Å²) < 4.78 is 6.34. The molecule has 6 rings (SSSR count). The Labute approximate surface area is 175 Å². The van der Waals surface area contributed by atoms with E-state index < -0.39 is 0 Å². The van der Waals surface area contributed by atoms with E-state index in [1.54, 1.807) is 0 Å². The van der Waals surface area contributed by atoms with Gasteiger partial charge in [-0.15, -0.1) is 0 Å². The highest BCUT2D eigenvalue weighted by molar-refractivity contribution is 6.30. The van der Waals surface area contributed by atoms with Gasteiger partial charge in [-0.2, -0.15) is 0 Å². The van der Waals surface area contributed by atoms with Gasteiger partial charge < -0.3 is 4.42 Å². The van der Waals surface area contributed by atoms with Crippen molar-refractivity contribution >= 4 is 44.1 Å². The number of hydrogen-bond acceptors (Lipinski definition) is 2.